The molecule has 1 atom stereocenters. The predicted molar refractivity (Wildman–Crippen MR) is 113 cm³/mol. The van der Waals surface area contributed by atoms with Crippen molar-refractivity contribution in [2.45, 2.75) is 32.5 Å². The number of benzene rings is 2. The van der Waals surface area contributed by atoms with Gasteiger partial charge in [-0.2, -0.15) is 0 Å². The molecule has 0 spiro atoms. The lowest BCUT2D eigenvalue weighted by molar-refractivity contribution is -0.128. The zero-order valence-corrected chi connectivity index (χ0v) is 17.0. The van der Waals surface area contributed by atoms with E-state index in [1.807, 2.05) is 37.3 Å². The van der Waals surface area contributed by atoms with Crippen LogP contribution in [0, 0.1) is 0 Å². The standard InChI is InChI=1S/C23H22N4O4/c1-2-25-22(29)19-11-17-16-5-3-4-6-18(16)26(20(17)13-27(19)23(25)30)12-14-7-9-15(10-8-14)21(28)24-31/h3-10,19,31H,2,11-13H2,1H3,(H,24,28). The average Bonchev–Trinajstić information content (AvgIpc) is 3.23. The Morgan fingerprint density at radius 2 is 1.87 bits per heavy atom. The molecule has 0 aliphatic carbocycles. The number of aromatic nitrogens is 1. The van der Waals surface area contributed by atoms with Gasteiger partial charge in [-0.05, 0) is 36.2 Å². The van der Waals surface area contributed by atoms with Crippen LogP contribution in [0.5, 0.6) is 0 Å². The first kappa shape index (κ1) is 19.3. The molecule has 2 N–H and O–H groups in total. The summed E-state index contributed by atoms with van der Waals surface area (Å²) >= 11 is 0. The minimum absolute atomic E-state index is 0.118. The molecule has 1 saturated heterocycles. The maximum Gasteiger partial charge on any atom is 0.327 e. The van der Waals surface area contributed by atoms with Crippen molar-refractivity contribution in [3.63, 3.8) is 0 Å². The quantitative estimate of drug-likeness (QED) is 0.387. The van der Waals surface area contributed by atoms with Gasteiger partial charge in [-0.3, -0.25) is 19.7 Å². The van der Waals surface area contributed by atoms with Gasteiger partial charge >= 0.3 is 6.03 Å². The van der Waals surface area contributed by atoms with Crippen molar-refractivity contribution >= 4 is 28.7 Å². The third-order valence-electron chi connectivity index (χ3n) is 6.29. The van der Waals surface area contributed by atoms with Gasteiger partial charge in [0.2, 0.25) is 0 Å². The Hall–Kier alpha value is -3.65. The number of hydrogen-bond donors (Lipinski definition) is 2. The molecule has 3 heterocycles. The van der Waals surface area contributed by atoms with Crippen LogP contribution in [-0.4, -0.2) is 50.0 Å². The summed E-state index contributed by atoms with van der Waals surface area (Å²) in [6.45, 7) is 3.15. The van der Waals surface area contributed by atoms with Crippen LogP contribution in [0.3, 0.4) is 0 Å². The Labute approximate surface area is 178 Å². The van der Waals surface area contributed by atoms with Crippen molar-refractivity contribution in [1.29, 1.82) is 0 Å². The summed E-state index contributed by atoms with van der Waals surface area (Å²) in [5, 5.41) is 9.90. The SMILES string of the molecule is CCN1C(=O)C2Cc3c(n(Cc4ccc(C(=O)NO)cc4)c4ccccc34)CN2C1=O. The molecule has 8 heteroatoms. The minimum Gasteiger partial charge on any atom is -0.338 e. The van der Waals surface area contributed by atoms with E-state index < -0.39 is 11.9 Å². The number of nitrogens with one attached hydrogen (secondary N) is 1. The van der Waals surface area contributed by atoms with E-state index in [9.17, 15) is 14.4 Å². The molecule has 3 aromatic rings. The van der Waals surface area contributed by atoms with Crippen LogP contribution in [-0.2, 0) is 24.3 Å². The Balaban J connectivity index is 1.55. The van der Waals surface area contributed by atoms with E-state index >= 15 is 0 Å². The summed E-state index contributed by atoms with van der Waals surface area (Å²) in [5.41, 5.74) is 6.20. The van der Waals surface area contributed by atoms with E-state index in [2.05, 4.69) is 10.6 Å². The number of imide groups is 1. The number of likely N-dealkylation sites (N-methyl/N-ethyl adjacent to an activating group) is 1. The molecule has 4 amide bonds. The molecule has 8 nitrogen and oxygen atoms in total. The lowest BCUT2D eigenvalue weighted by Crippen LogP contribution is -2.40. The van der Waals surface area contributed by atoms with Crippen molar-refractivity contribution in [2.24, 2.45) is 0 Å². The van der Waals surface area contributed by atoms with Crippen LogP contribution in [0.4, 0.5) is 4.79 Å². The van der Waals surface area contributed by atoms with Crippen LogP contribution in [0.25, 0.3) is 10.9 Å². The minimum atomic E-state index is -0.556. The first-order chi connectivity index (χ1) is 15.0. The largest absolute Gasteiger partial charge is 0.338 e. The Morgan fingerprint density at radius 1 is 1.13 bits per heavy atom. The number of nitrogens with zero attached hydrogens (tertiary/aromatic N) is 3. The molecule has 0 bridgehead atoms. The number of carbonyl (C=O) groups is 3. The predicted octanol–water partition coefficient (Wildman–Crippen LogP) is 2.52. The summed E-state index contributed by atoms with van der Waals surface area (Å²) in [7, 11) is 0. The van der Waals surface area contributed by atoms with Gasteiger partial charge < -0.3 is 9.47 Å². The van der Waals surface area contributed by atoms with Gasteiger partial charge in [0.15, 0.2) is 0 Å². The third kappa shape index (κ3) is 2.90. The smallest absolute Gasteiger partial charge is 0.327 e. The van der Waals surface area contributed by atoms with Gasteiger partial charge in [0, 0.05) is 41.7 Å². The van der Waals surface area contributed by atoms with Crippen LogP contribution in [0.2, 0.25) is 0 Å². The normalized spacial score (nSPS) is 17.8. The fraction of sp³-hybridized carbons (Fsp3) is 0.261. The van der Waals surface area contributed by atoms with Gasteiger partial charge in [-0.15, -0.1) is 0 Å². The summed E-state index contributed by atoms with van der Waals surface area (Å²) in [6, 6.07) is 14.4. The summed E-state index contributed by atoms with van der Waals surface area (Å²) < 4.78 is 2.19. The van der Waals surface area contributed by atoms with Gasteiger partial charge in [-0.1, -0.05) is 30.3 Å². The second kappa shape index (κ2) is 7.24. The van der Waals surface area contributed by atoms with Crippen LogP contribution < -0.4 is 5.48 Å². The number of para-hydroxylation sites is 1. The van der Waals surface area contributed by atoms with Gasteiger partial charge in [-0.25, -0.2) is 10.3 Å². The van der Waals surface area contributed by atoms with Crippen LogP contribution >= 0.6 is 0 Å². The monoisotopic (exact) mass is 418 g/mol. The van der Waals surface area contributed by atoms with E-state index in [0.717, 1.165) is 27.7 Å². The topological polar surface area (TPSA) is 94.9 Å². The lowest BCUT2D eigenvalue weighted by atomic mass is 9.97. The number of fused-ring (bicyclic) bond motifs is 4. The number of hydrogen-bond acceptors (Lipinski definition) is 4. The molecule has 0 radical (unpaired) electrons. The van der Waals surface area contributed by atoms with E-state index in [1.165, 1.54) is 4.90 Å². The van der Waals surface area contributed by atoms with E-state index in [4.69, 9.17) is 5.21 Å². The van der Waals surface area contributed by atoms with Gasteiger partial charge in [0.1, 0.15) is 6.04 Å². The van der Waals surface area contributed by atoms with Crippen molar-refractivity contribution in [2.75, 3.05) is 6.54 Å². The number of urea groups is 1. The summed E-state index contributed by atoms with van der Waals surface area (Å²) in [5.74, 6) is -0.674. The maximum absolute atomic E-state index is 12.8. The fourth-order valence-electron chi connectivity index (χ4n) is 4.74. The third-order valence-corrected chi connectivity index (χ3v) is 6.29. The Bertz CT molecular complexity index is 1210. The second-order valence-corrected chi connectivity index (χ2v) is 7.88. The van der Waals surface area contributed by atoms with Crippen LogP contribution in [0.1, 0.15) is 34.1 Å². The number of rotatable bonds is 4. The molecule has 1 aromatic heterocycles. The molecular formula is C23H22N4O4. The molecule has 31 heavy (non-hydrogen) atoms. The molecular weight excluding hydrogens is 396 g/mol. The number of carbonyl (C=O) groups excluding carboxylic acids is 3. The fourth-order valence-corrected chi connectivity index (χ4v) is 4.74. The first-order valence-electron chi connectivity index (χ1n) is 10.3. The maximum atomic E-state index is 12.8. The zero-order chi connectivity index (χ0) is 21.7. The summed E-state index contributed by atoms with van der Waals surface area (Å²) in [6.07, 6.45) is 0.513. The lowest BCUT2D eigenvalue weighted by Gasteiger charge is -2.28. The molecule has 0 saturated carbocycles. The van der Waals surface area contributed by atoms with Gasteiger partial charge in [0.25, 0.3) is 11.8 Å². The molecule has 2 aliphatic heterocycles. The molecule has 2 aromatic carbocycles. The van der Waals surface area contributed by atoms with Crippen molar-refractivity contribution < 1.29 is 19.6 Å². The van der Waals surface area contributed by atoms with E-state index in [-0.39, 0.29) is 11.9 Å². The molecule has 5 rings (SSSR count). The highest BCUT2D eigenvalue weighted by Crippen LogP contribution is 2.36. The molecule has 1 unspecified atom stereocenters. The van der Waals surface area contributed by atoms with E-state index in [1.54, 1.807) is 22.5 Å². The van der Waals surface area contributed by atoms with E-state index in [0.29, 0.717) is 31.6 Å². The van der Waals surface area contributed by atoms with Crippen molar-refractivity contribution in [3.05, 3.63) is 70.9 Å². The average molecular weight is 418 g/mol. The number of amides is 4. The Kier molecular flexibility index (Phi) is 4.51. The molecule has 1 fully saturated rings. The zero-order valence-electron chi connectivity index (χ0n) is 17.0. The Morgan fingerprint density at radius 3 is 2.58 bits per heavy atom. The van der Waals surface area contributed by atoms with Crippen molar-refractivity contribution in [1.82, 2.24) is 19.8 Å². The first-order valence-corrected chi connectivity index (χ1v) is 10.3. The number of hydroxylamine groups is 1. The summed E-state index contributed by atoms with van der Waals surface area (Å²) in [4.78, 5) is 40.1. The second-order valence-electron chi connectivity index (χ2n) is 7.88. The van der Waals surface area contributed by atoms with Crippen molar-refractivity contribution in [3.8, 4) is 0 Å². The highest BCUT2D eigenvalue weighted by molar-refractivity contribution is 6.05. The highest BCUT2D eigenvalue weighted by atomic mass is 16.5. The molecule has 158 valence electrons. The van der Waals surface area contributed by atoms with Crippen LogP contribution in [0.15, 0.2) is 48.5 Å². The van der Waals surface area contributed by atoms with Gasteiger partial charge in [0.05, 0.1) is 6.54 Å². The highest BCUT2D eigenvalue weighted by Gasteiger charge is 2.47. The molecule has 2 aliphatic rings.